The van der Waals surface area contributed by atoms with Crippen molar-refractivity contribution in [1.29, 1.82) is 0 Å². The molecule has 2 aromatic carbocycles. The molecule has 46 heavy (non-hydrogen) atoms. The maximum atomic E-state index is 13.7. The normalized spacial score (nSPS) is 30.7. The van der Waals surface area contributed by atoms with Crippen LogP contribution in [0, 0.1) is 0 Å². The number of aliphatic hydroxyl groups is 2. The van der Waals surface area contributed by atoms with E-state index >= 15 is 0 Å². The Morgan fingerprint density at radius 3 is 1.20 bits per heavy atom. The predicted octanol–water partition coefficient (Wildman–Crippen LogP) is 1.64. The van der Waals surface area contributed by atoms with Gasteiger partial charge in [-0.3, -0.25) is 28.8 Å². The van der Waals surface area contributed by atoms with Gasteiger partial charge in [-0.25, -0.2) is 0 Å². The van der Waals surface area contributed by atoms with E-state index in [1.807, 2.05) is 0 Å². The van der Waals surface area contributed by atoms with Crippen molar-refractivity contribution in [2.75, 3.05) is 41.4 Å². The molecule has 0 aliphatic carbocycles. The number of piperazine rings is 2. The first kappa shape index (κ1) is 32.7. The fourth-order valence-electron chi connectivity index (χ4n) is 5.84. The minimum atomic E-state index is -1.78. The van der Waals surface area contributed by atoms with Gasteiger partial charge in [-0.2, -0.15) is 0 Å². The van der Waals surface area contributed by atoms with E-state index in [0.717, 1.165) is 73.9 Å². The Labute approximate surface area is 279 Å². The molecule has 6 saturated heterocycles. The third kappa shape index (κ3) is 4.06. The third-order valence-electron chi connectivity index (χ3n) is 8.95. The van der Waals surface area contributed by atoms with Gasteiger partial charge in [-0.15, -0.1) is 0 Å². The van der Waals surface area contributed by atoms with Crippen LogP contribution in [0.5, 0.6) is 0 Å². The van der Waals surface area contributed by atoms with Gasteiger partial charge >= 0.3 is 0 Å². The molecule has 4 amide bonds. The van der Waals surface area contributed by atoms with Crippen LogP contribution in [0.15, 0.2) is 48.5 Å². The fourth-order valence-corrected chi connectivity index (χ4v) is 13.0. The standard InChI is InChI=1S/C30H28N4O8S4/c1-31-25(41)29(33(3)23(39)27(31,15-35)43-45-29)21(37)19-11-7-17(8-12-19)5-6-18-9-13-20(14-10-18)22(38)30-26(42)32(2)28(16-36,44-46-30)24(40)34(30)4/h5-14,35-36H,15-16H2,1-4H3/b6-5+/t27-,28-,29?,30?/m0/s1. The van der Waals surface area contributed by atoms with Crippen LogP contribution in [-0.4, -0.2) is 126 Å². The first-order chi connectivity index (χ1) is 21.8. The number of hydrogen-bond acceptors (Lipinski definition) is 12. The molecule has 12 nitrogen and oxygen atoms in total. The summed E-state index contributed by atoms with van der Waals surface area (Å²) < 4.78 is 0. The molecule has 0 spiro atoms. The van der Waals surface area contributed by atoms with E-state index in [9.17, 15) is 39.0 Å². The molecule has 240 valence electrons. The second-order valence-corrected chi connectivity index (χ2v) is 16.4. The molecule has 4 atom stereocenters. The zero-order valence-corrected chi connectivity index (χ0v) is 28.2. The predicted molar refractivity (Wildman–Crippen MR) is 177 cm³/mol. The number of ketones is 2. The number of Topliss-reactive ketones (excluding diaryl/α,β-unsaturated/α-hetero) is 2. The Bertz CT molecular complexity index is 1610. The smallest absolute Gasteiger partial charge is 0.269 e. The number of carbonyl (C=O) groups is 6. The molecular formula is C30H28N4O8S4. The summed E-state index contributed by atoms with van der Waals surface area (Å²) in [7, 11) is 9.58. The van der Waals surface area contributed by atoms with Crippen LogP contribution in [0.1, 0.15) is 31.8 Å². The van der Waals surface area contributed by atoms with Crippen LogP contribution in [0.3, 0.4) is 0 Å². The van der Waals surface area contributed by atoms with E-state index in [2.05, 4.69) is 0 Å². The molecule has 4 bridgehead atoms. The first-order valence-corrected chi connectivity index (χ1v) is 18.1. The van der Waals surface area contributed by atoms with Gasteiger partial charge in [0, 0.05) is 39.3 Å². The second-order valence-electron chi connectivity index (χ2n) is 11.2. The highest BCUT2D eigenvalue weighted by atomic mass is 33.1. The van der Waals surface area contributed by atoms with Gasteiger partial charge in [0.15, 0.2) is 0 Å². The van der Waals surface area contributed by atoms with E-state index in [-0.39, 0.29) is 11.1 Å². The van der Waals surface area contributed by atoms with Crippen molar-refractivity contribution in [2.24, 2.45) is 0 Å². The van der Waals surface area contributed by atoms with Gasteiger partial charge in [-0.1, -0.05) is 60.7 Å². The molecule has 6 aliphatic heterocycles. The number of benzene rings is 2. The number of likely N-dealkylation sites (N-methyl/N-ethyl adjacent to an activating group) is 4. The summed E-state index contributed by atoms with van der Waals surface area (Å²) in [6.07, 6.45) is 3.60. The average molecular weight is 701 g/mol. The zero-order valence-electron chi connectivity index (χ0n) is 25.0. The summed E-state index contributed by atoms with van der Waals surface area (Å²) in [4.78, 5) is 78.3. The lowest BCUT2D eigenvalue weighted by Gasteiger charge is -2.57. The van der Waals surface area contributed by atoms with Gasteiger partial charge in [0.25, 0.3) is 23.6 Å². The number of nitrogens with zero attached hydrogens (tertiary/aromatic N) is 4. The quantitative estimate of drug-likeness (QED) is 0.178. The highest BCUT2D eigenvalue weighted by Crippen LogP contribution is 2.60. The van der Waals surface area contributed by atoms with E-state index < -0.39 is 67.9 Å². The van der Waals surface area contributed by atoms with Crippen LogP contribution < -0.4 is 0 Å². The summed E-state index contributed by atoms with van der Waals surface area (Å²) in [5.74, 6) is -3.24. The number of carbonyl (C=O) groups excluding carboxylic acids is 6. The molecule has 0 radical (unpaired) electrons. The van der Waals surface area contributed by atoms with E-state index in [1.165, 1.54) is 28.2 Å². The van der Waals surface area contributed by atoms with Crippen molar-refractivity contribution in [1.82, 2.24) is 19.6 Å². The summed E-state index contributed by atoms with van der Waals surface area (Å²) in [5, 5.41) is 19.8. The van der Waals surface area contributed by atoms with Crippen LogP contribution in [0.25, 0.3) is 12.2 Å². The zero-order chi connectivity index (χ0) is 33.4. The van der Waals surface area contributed by atoms with Crippen molar-refractivity contribution in [2.45, 2.75) is 19.5 Å². The highest BCUT2D eigenvalue weighted by molar-refractivity contribution is 8.78. The highest BCUT2D eigenvalue weighted by Gasteiger charge is 2.71. The summed E-state index contributed by atoms with van der Waals surface area (Å²) in [6, 6.07) is 13.2. The molecule has 2 aromatic rings. The van der Waals surface area contributed by atoms with Gasteiger partial charge < -0.3 is 29.8 Å². The van der Waals surface area contributed by atoms with Gasteiger partial charge in [0.2, 0.25) is 31.1 Å². The Balaban J connectivity index is 1.18. The fraction of sp³-hybridized carbons (Fsp3) is 0.333. The molecule has 2 unspecified atom stereocenters. The molecule has 16 heteroatoms. The molecule has 6 heterocycles. The Morgan fingerprint density at radius 2 is 0.891 bits per heavy atom. The SMILES string of the molecule is CN1C(=O)[C@]2(CO)SSC1(C(=O)c1ccc(/C=C/c3ccc(C(=O)C45SS[C@@](CO)(C(=O)N4C)N(C)C5=O)cc3)cc1)C(=O)N2C. The Hall–Kier alpha value is -3.28. The monoisotopic (exact) mass is 700 g/mol. The lowest BCUT2D eigenvalue weighted by Crippen LogP contribution is -2.78. The molecule has 8 rings (SSSR count). The summed E-state index contributed by atoms with van der Waals surface area (Å²) >= 11 is 0. The van der Waals surface area contributed by atoms with Crippen molar-refractivity contribution >= 4 is 90.5 Å². The van der Waals surface area contributed by atoms with Gasteiger partial charge in [0.05, 0.1) is 13.2 Å². The van der Waals surface area contributed by atoms with E-state index in [1.54, 1.807) is 60.7 Å². The summed E-state index contributed by atoms with van der Waals surface area (Å²) in [6.45, 7) is -1.14. The number of hydrogen-bond donors (Lipinski definition) is 2. The van der Waals surface area contributed by atoms with Crippen molar-refractivity contribution in [3.63, 3.8) is 0 Å². The molecular weight excluding hydrogens is 673 g/mol. The Kier molecular flexibility index (Phi) is 7.92. The molecule has 6 fully saturated rings. The lowest BCUT2D eigenvalue weighted by molar-refractivity contribution is -0.163. The Morgan fingerprint density at radius 1 is 0.565 bits per heavy atom. The van der Waals surface area contributed by atoms with E-state index in [4.69, 9.17) is 0 Å². The molecule has 2 N–H and O–H groups in total. The van der Waals surface area contributed by atoms with Crippen molar-refractivity contribution < 1.29 is 39.0 Å². The van der Waals surface area contributed by atoms with Crippen molar-refractivity contribution in [3.05, 3.63) is 70.8 Å². The number of rotatable bonds is 8. The second kappa shape index (κ2) is 11.2. The molecule has 0 saturated carbocycles. The van der Waals surface area contributed by atoms with Crippen molar-refractivity contribution in [3.8, 4) is 0 Å². The third-order valence-corrected chi connectivity index (χ3v) is 16.2. The summed E-state index contributed by atoms with van der Waals surface area (Å²) in [5.41, 5.74) is 1.98. The number of amides is 4. The average Bonchev–Trinajstić information content (AvgIpc) is 3.08. The number of aliphatic hydroxyl groups excluding tert-OH is 2. The topological polar surface area (TPSA) is 156 Å². The van der Waals surface area contributed by atoms with Crippen LogP contribution in [0.4, 0.5) is 0 Å². The maximum absolute atomic E-state index is 13.7. The van der Waals surface area contributed by atoms with Crippen LogP contribution in [-0.2, 0) is 19.2 Å². The van der Waals surface area contributed by atoms with Crippen LogP contribution >= 0.6 is 43.2 Å². The lowest BCUT2D eigenvalue weighted by atomic mass is 9.95. The van der Waals surface area contributed by atoms with E-state index in [0.29, 0.717) is 0 Å². The first-order valence-electron chi connectivity index (χ1n) is 13.8. The van der Waals surface area contributed by atoms with Gasteiger partial charge in [-0.05, 0) is 54.3 Å². The number of fused-ring (bicyclic) bond motifs is 6. The molecule has 0 aromatic heterocycles. The van der Waals surface area contributed by atoms with Crippen LogP contribution in [0.2, 0.25) is 0 Å². The van der Waals surface area contributed by atoms with Gasteiger partial charge in [0.1, 0.15) is 0 Å². The minimum Gasteiger partial charge on any atom is -0.392 e. The maximum Gasteiger partial charge on any atom is 0.269 e. The molecule has 6 aliphatic rings. The largest absolute Gasteiger partial charge is 0.392 e. The minimum absolute atomic E-state index is 0.244.